The van der Waals surface area contributed by atoms with E-state index in [4.69, 9.17) is 4.74 Å². The number of anilines is 1. The lowest BCUT2D eigenvalue weighted by atomic mass is 10.1. The van der Waals surface area contributed by atoms with Gasteiger partial charge in [-0.05, 0) is 24.5 Å². The van der Waals surface area contributed by atoms with Gasteiger partial charge in [0.05, 0.1) is 18.8 Å². The maximum absolute atomic E-state index is 5.66. The Kier molecular flexibility index (Phi) is 3.37. The zero-order chi connectivity index (χ0) is 18.5. The predicted octanol–water partition coefficient (Wildman–Crippen LogP) is 2.87. The first kappa shape index (κ1) is 15.6. The largest absolute Gasteiger partial charge is 0.493 e. The molecule has 1 N–H and O–H groups in total. The molecule has 0 atom stereocenters. The Morgan fingerprint density at radius 3 is 3.11 bits per heavy atom. The smallest absolute Gasteiger partial charge is 0.210 e. The summed E-state index contributed by atoms with van der Waals surface area (Å²) in [7, 11) is 0. The van der Waals surface area contributed by atoms with Crippen molar-refractivity contribution in [1.82, 2.24) is 29.4 Å². The van der Waals surface area contributed by atoms with Crippen LogP contribution in [0.2, 0.25) is 0 Å². The molecule has 1 aliphatic heterocycles. The molecule has 28 heavy (non-hydrogen) atoms. The Balaban J connectivity index is 1.31. The van der Waals surface area contributed by atoms with Crippen LogP contribution in [0.3, 0.4) is 0 Å². The third-order valence-corrected chi connectivity index (χ3v) is 5.44. The molecule has 1 fully saturated rings. The number of aromatic nitrogens is 6. The van der Waals surface area contributed by atoms with Gasteiger partial charge in [0.1, 0.15) is 12.1 Å². The highest BCUT2D eigenvalue weighted by Crippen LogP contribution is 2.35. The Morgan fingerprint density at radius 2 is 2.18 bits per heavy atom. The van der Waals surface area contributed by atoms with Crippen LogP contribution in [0.4, 0.5) is 5.95 Å². The van der Waals surface area contributed by atoms with Crippen molar-refractivity contribution in [3.05, 3.63) is 54.2 Å². The van der Waals surface area contributed by atoms with Crippen LogP contribution in [-0.4, -0.2) is 36.0 Å². The van der Waals surface area contributed by atoms with Crippen molar-refractivity contribution in [2.75, 3.05) is 11.9 Å². The van der Waals surface area contributed by atoms with Gasteiger partial charge in [-0.2, -0.15) is 5.10 Å². The van der Waals surface area contributed by atoms with E-state index in [-0.39, 0.29) is 0 Å². The van der Waals surface area contributed by atoms with Gasteiger partial charge in [-0.1, -0.05) is 12.1 Å². The molecule has 8 nitrogen and oxygen atoms in total. The van der Waals surface area contributed by atoms with Crippen LogP contribution < -0.4 is 10.1 Å². The van der Waals surface area contributed by atoms with Crippen LogP contribution in [0.25, 0.3) is 16.8 Å². The zero-order valence-electron chi connectivity index (χ0n) is 15.2. The van der Waals surface area contributed by atoms with Gasteiger partial charge in [0.2, 0.25) is 5.95 Å². The molecule has 0 saturated heterocycles. The van der Waals surface area contributed by atoms with Gasteiger partial charge in [0.25, 0.3) is 0 Å². The van der Waals surface area contributed by atoms with Crippen LogP contribution in [-0.2, 0) is 13.0 Å². The number of nitrogens with one attached hydrogen (secondary N) is 1. The summed E-state index contributed by atoms with van der Waals surface area (Å²) in [6, 6.07) is 6.74. The lowest BCUT2D eigenvalue weighted by Gasteiger charge is -2.11. The highest BCUT2D eigenvalue weighted by atomic mass is 16.5. The van der Waals surface area contributed by atoms with E-state index in [2.05, 4.69) is 37.9 Å². The standard InChI is InChI=1S/C20H19N7O/c1-2-13(16-6-7-28-18(16)3-1)8-21-20-22-10-17(19-25-23-12-26(19)20)14-9-24-27(11-14)15-4-5-15/h1-3,9-12,15H,4-8H2,(H,21,22). The second-order valence-electron chi connectivity index (χ2n) is 7.31. The summed E-state index contributed by atoms with van der Waals surface area (Å²) in [6.07, 6.45) is 10.9. The van der Waals surface area contributed by atoms with Crippen LogP contribution in [0.5, 0.6) is 5.75 Å². The molecule has 3 aromatic heterocycles. The van der Waals surface area contributed by atoms with E-state index in [1.807, 2.05) is 33.6 Å². The molecule has 140 valence electrons. The molecule has 1 aliphatic carbocycles. The lowest BCUT2D eigenvalue weighted by Crippen LogP contribution is -2.08. The van der Waals surface area contributed by atoms with Gasteiger partial charge < -0.3 is 10.1 Å². The number of ether oxygens (including phenoxy) is 1. The number of benzene rings is 1. The highest BCUT2D eigenvalue weighted by Gasteiger charge is 2.25. The maximum atomic E-state index is 5.66. The second kappa shape index (κ2) is 6.05. The van der Waals surface area contributed by atoms with Crippen molar-refractivity contribution in [2.24, 2.45) is 0 Å². The Labute approximate surface area is 161 Å². The van der Waals surface area contributed by atoms with Gasteiger partial charge in [-0.15, -0.1) is 10.2 Å². The molecule has 1 saturated carbocycles. The maximum Gasteiger partial charge on any atom is 0.210 e. The monoisotopic (exact) mass is 373 g/mol. The molecule has 4 aromatic rings. The molecule has 0 radical (unpaired) electrons. The molecule has 6 rings (SSSR count). The molecular formula is C20H19N7O. The quantitative estimate of drug-likeness (QED) is 0.579. The molecule has 0 spiro atoms. The number of rotatable bonds is 5. The van der Waals surface area contributed by atoms with E-state index in [1.165, 1.54) is 24.0 Å². The van der Waals surface area contributed by atoms with E-state index in [9.17, 15) is 0 Å². The molecule has 0 bridgehead atoms. The molecule has 8 heteroatoms. The summed E-state index contributed by atoms with van der Waals surface area (Å²) < 4.78 is 9.59. The average molecular weight is 373 g/mol. The number of hydrogen-bond donors (Lipinski definition) is 1. The minimum Gasteiger partial charge on any atom is -0.493 e. The third-order valence-electron chi connectivity index (χ3n) is 5.44. The van der Waals surface area contributed by atoms with Crippen molar-refractivity contribution in [3.8, 4) is 16.9 Å². The van der Waals surface area contributed by atoms with E-state index in [0.717, 1.165) is 41.5 Å². The van der Waals surface area contributed by atoms with Crippen molar-refractivity contribution in [2.45, 2.75) is 31.8 Å². The van der Waals surface area contributed by atoms with E-state index >= 15 is 0 Å². The van der Waals surface area contributed by atoms with Gasteiger partial charge in [0, 0.05) is 42.0 Å². The Bertz CT molecular complexity index is 1170. The molecular weight excluding hydrogens is 354 g/mol. The van der Waals surface area contributed by atoms with Gasteiger partial charge in [-0.25, -0.2) is 4.98 Å². The first-order valence-electron chi connectivity index (χ1n) is 9.57. The molecule has 0 amide bonds. The predicted molar refractivity (Wildman–Crippen MR) is 103 cm³/mol. The van der Waals surface area contributed by atoms with Crippen molar-refractivity contribution < 1.29 is 4.74 Å². The summed E-state index contributed by atoms with van der Waals surface area (Å²) in [6.45, 7) is 1.43. The fourth-order valence-electron chi connectivity index (χ4n) is 3.80. The normalized spacial score (nSPS) is 15.6. The van der Waals surface area contributed by atoms with Crippen LogP contribution in [0.1, 0.15) is 30.0 Å². The zero-order valence-corrected chi connectivity index (χ0v) is 15.2. The minimum absolute atomic E-state index is 0.549. The van der Waals surface area contributed by atoms with Gasteiger partial charge in [0.15, 0.2) is 5.65 Å². The van der Waals surface area contributed by atoms with Crippen LogP contribution in [0.15, 0.2) is 43.1 Å². The molecule has 1 aromatic carbocycles. The van der Waals surface area contributed by atoms with Crippen molar-refractivity contribution >= 4 is 11.6 Å². The minimum atomic E-state index is 0.549. The van der Waals surface area contributed by atoms with Crippen LogP contribution >= 0.6 is 0 Å². The summed E-state index contributed by atoms with van der Waals surface area (Å²) in [5.74, 6) is 1.71. The van der Waals surface area contributed by atoms with Crippen molar-refractivity contribution in [1.29, 1.82) is 0 Å². The Morgan fingerprint density at radius 1 is 1.21 bits per heavy atom. The Hall–Kier alpha value is -3.42. The SMILES string of the molecule is c1cc(CNc2ncc(-c3cnn(C4CC4)c3)c3nncn23)c2c(c1)OCC2. The van der Waals surface area contributed by atoms with Crippen LogP contribution in [0, 0.1) is 0 Å². The average Bonchev–Trinajstić information content (AvgIpc) is 3.15. The van der Waals surface area contributed by atoms with E-state index < -0.39 is 0 Å². The van der Waals surface area contributed by atoms with Gasteiger partial charge >= 0.3 is 0 Å². The number of fused-ring (bicyclic) bond motifs is 2. The first-order chi connectivity index (χ1) is 13.9. The molecule has 2 aliphatic rings. The summed E-state index contributed by atoms with van der Waals surface area (Å²) >= 11 is 0. The fraction of sp³-hybridized carbons (Fsp3) is 0.300. The topological polar surface area (TPSA) is 82.2 Å². The summed E-state index contributed by atoms with van der Waals surface area (Å²) in [5.41, 5.74) is 5.23. The first-order valence-corrected chi connectivity index (χ1v) is 9.57. The molecule has 4 heterocycles. The fourth-order valence-corrected chi connectivity index (χ4v) is 3.80. The van der Waals surface area contributed by atoms with Crippen molar-refractivity contribution in [3.63, 3.8) is 0 Å². The summed E-state index contributed by atoms with van der Waals surface area (Å²) in [5, 5.41) is 16.3. The van der Waals surface area contributed by atoms with Gasteiger partial charge in [-0.3, -0.25) is 9.08 Å². The number of hydrogen-bond acceptors (Lipinski definition) is 6. The highest BCUT2D eigenvalue weighted by molar-refractivity contribution is 5.76. The third kappa shape index (κ3) is 2.52. The van der Waals surface area contributed by atoms with E-state index in [1.54, 1.807) is 6.33 Å². The van der Waals surface area contributed by atoms with E-state index in [0.29, 0.717) is 12.6 Å². The second-order valence-corrected chi connectivity index (χ2v) is 7.31. The lowest BCUT2D eigenvalue weighted by molar-refractivity contribution is 0.357. The number of nitrogens with zero attached hydrogens (tertiary/aromatic N) is 6. The summed E-state index contributed by atoms with van der Waals surface area (Å²) in [4.78, 5) is 4.64. The molecule has 0 unspecified atom stereocenters.